The minimum Gasteiger partial charge on any atom is -0.497 e. The summed E-state index contributed by atoms with van der Waals surface area (Å²) in [5.74, 6) is 2.43. The fraction of sp³-hybridized carbons (Fsp3) is 0.524. The highest BCUT2D eigenvalue weighted by atomic mass is 32.1. The maximum atomic E-state index is 5.41. The van der Waals surface area contributed by atoms with Crippen molar-refractivity contribution in [1.82, 2.24) is 15.6 Å². The van der Waals surface area contributed by atoms with Crippen molar-refractivity contribution in [3.05, 3.63) is 29.3 Å². The number of hydrogen-bond acceptors (Lipinski definition) is 7. The molecule has 0 aliphatic carbocycles. The lowest BCUT2D eigenvalue weighted by molar-refractivity contribution is 0.394. The predicted molar refractivity (Wildman–Crippen MR) is 125 cm³/mol. The Hall–Kier alpha value is -2.68. The molecule has 0 bridgehead atoms. The second-order valence-electron chi connectivity index (χ2n) is 7.36. The Bertz CT molecular complexity index is 832. The second kappa shape index (κ2) is 10.4. The monoisotopic (exact) mass is 432 g/mol. The minimum absolute atomic E-state index is 0.313. The lowest BCUT2D eigenvalue weighted by Crippen LogP contribution is -2.44. The van der Waals surface area contributed by atoms with Crippen LogP contribution in [-0.4, -0.2) is 64.9 Å². The van der Waals surface area contributed by atoms with Gasteiger partial charge < -0.3 is 29.9 Å². The number of anilines is 2. The van der Waals surface area contributed by atoms with Gasteiger partial charge in [0.05, 0.1) is 26.5 Å². The fourth-order valence-corrected chi connectivity index (χ4v) is 4.08. The first-order valence-electron chi connectivity index (χ1n) is 10.2. The maximum Gasteiger partial charge on any atom is 0.191 e. The van der Waals surface area contributed by atoms with Crippen LogP contribution in [0.15, 0.2) is 28.6 Å². The molecular formula is C21H32N6O2S. The lowest BCUT2D eigenvalue weighted by Gasteiger charge is -2.21. The van der Waals surface area contributed by atoms with E-state index in [1.54, 1.807) is 25.6 Å². The van der Waals surface area contributed by atoms with Gasteiger partial charge in [-0.2, -0.15) is 0 Å². The Morgan fingerprint density at radius 1 is 1.27 bits per heavy atom. The Morgan fingerprint density at radius 3 is 2.60 bits per heavy atom. The average Bonchev–Trinajstić information content (AvgIpc) is 3.41. The quantitative estimate of drug-likeness (QED) is 0.491. The number of rotatable bonds is 8. The molecule has 30 heavy (non-hydrogen) atoms. The van der Waals surface area contributed by atoms with Crippen LogP contribution >= 0.6 is 11.3 Å². The van der Waals surface area contributed by atoms with Crippen LogP contribution in [0.5, 0.6) is 11.5 Å². The molecule has 3 rings (SSSR count). The Balaban J connectivity index is 1.62. The molecule has 1 aromatic carbocycles. The molecule has 1 fully saturated rings. The van der Waals surface area contributed by atoms with Gasteiger partial charge in [0.15, 0.2) is 11.1 Å². The molecule has 0 saturated carbocycles. The number of aliphatic imine (C=N–C) groups is 1. The molecule has 1 unspecified atom stereocenters. The van der Waals surface area contributed by atoms with Crippen LogP contribution in [0.4, 0.5) is 10.8 Å². The van der Waals surface area contributed by atoms with E-state index in [2.05, 4.69) is 45.0 Å². The van der Waals surface area contributed by atoms with Crippen LogP contribution in [0.1, 0.15) is 19.0 Å². The number of thiazole rings is 1. The zero-order valence-electron chi connectivity index (χ0n) is 18.4. The van der Waals surface area contributed by atoms with Gasteiger partial charge in [-0.25, -0.2) is 9.98 Å². The van der Waals surface area contributed by atoms with Gasteiger partial charge in [-0.1, -0.05) is 0 Å². The van der Waals surface area contributed by atoms with E-state index in [9.17, 15) is 0 Å². The number of aromatic nitrogens is 1. The summed E-state index contributed by atoms with van der Waals surface area (Å²) in [6, 6.07) is 6.31. The Kier molecular flexibility index (Phi) is 7.62. The zero-order valence-corrected chi connectivity index (χ0v) is 19.3. The molecule has 9 heteroatoms. The molecule has 1 aliphatic rings. The van der Waals surface area contributed by atoms with E-state index >= 15 is 0 Å². The summed E-state index contributed by atoms with van der Waals surface area (Å²) in [5.41, 5.74) is 2.09. The first-order valence-corrected chi connectivity index (χ1v) is 11.0. The number of nitrogens with one attached hydrogen (secondary N) is 2. The van der Waals surface area contributed by atoms with Gasteiger partial charge in [-0.15, -0.1) is 11.3 Å². The van der Waals surface area contributed by atoms with E-state index in [-0.39, 0.29) is 0 Å². The summed E-state index contributed by atoms with van der Waals surface area (Å²) in [6.07, 6.45) is 1.03. The third-order valence-electron chi connectivity index (χ3n) is 4.90. The molecule has 0 amide bonds. The first kappa shape index (κ1) is 22.0. The van der Waals surface area contributed by atoms with E-state index in [0.717, 1.165) is 60.0 Å². The lowest BCUT2D eigenvalue weighted by atomic mass is 10.2. The van der Waals surface area contributed by atoms with Gasteiger partial charge in [0.2, 0.25) is 0 Å². The van der Waals surface area contributed by atoms with Crippen molar-refractivity contribution in [2.24, 2.45) is 4.99 Å². The SMILES string of the molecule is CCNC(=NCc1csc(N(C)C)n1)NC1CCN(c2cc(OC)cc(OC)c2)C1. The molecule has 164 valence electrons. The second-order valence-corrected chi connectivity index (χ2v) is 8.19. The number of hydrogen-bond donors (Lipinski definition) is 2. The summed E-state index contributed by atoms with van der Waals surface area (Å²) in [7, 11) is 7.36. The van der Waals surface area contributed by atoms with Gasteiger partial charge in [0, 0.05) is 69.0 Å². The third-order valence-corrected chi connectivity index (χ3v) is 5.95. The number of ether oxygens (including phenoxy) is 2. The highest BCUT2D eigenvalue weighted by molar-refractivity contribution is 7.13. The van der Waals surface area contributed by atoms with Crippen molar-refractivity contribution in [3.63, 3.8) is 0 Å². The zero-order chi connectivity index (χ0) is 21.5. The molecule has 1 atom stereocenters. The highest BCUT2D eigenvalue weighted by Crippen LogP contribution is 2.30. The molecule has 2 heterocycles. The summed E-state index contributed by atoms with van der Waals surface area (Å²) in [6.45, 7) is 5.31. The number of methoxy groups -OCH3 is 2. The van der Waals surface area contributed by atoms with Gasteiger partial charge in [-0.05, 0) is 13.3 Å². The predicted octanol–water partition coefficient (Wildman–Crippen LogP) is 2.56. The van der Waals surface area contributed by atoms with Crippen LogP contribution < -0.4 is 29.9 Å². The van der Waals surface area contributed by atoms with Gasteiger partial charge in [-0.3, -0.25) is 0 Å². The first-order chi connectivity index (χ1) is 14.5. The van der Waals surface area contributed by atoms with E-state index < -0.39 is 0 Å². The molecule has 1 saturated heterocycles. The Morgan fingerprint density at radius 2 is 2.00 bits per heavy atom. The summed E-state index contributed by atoms with van der Waals surface area (Å²) >= 11 is 1.64. The van der Waals surface area contributed by atoms with Crippen molar-refractivity contribution in [1.29, 1.82) is 0 Å². The molecule has 1 aliphatic heterocycles. The average molecular weight is 433 g/mol. The smallest absolute Gasteiger partial charge is 0.191 e. The van der Waals surface area contributed by atoms with E-state index in [1.165, 1.54) is 0 Å². The summed E-state index contributed by atoms with van der Waals surface area (Å²) in [5, 5.41) is 9.98. The molecule has 8 nitrogen and oxygen atoms in total. The van der Waals surface area contributed by atoms with Crippen LogP contribution in [0.25, 0.3) is 0 Å². The fourth-order valence-electron chi connectivity index (χ4n) is 3.34. The molecule has 1 aromatic heterocycles. The minimum atomic E-state index is 0.313. The largest absolute Gasteiger partial charge is 0.497 e. The van der Waals surface area contributed by atoms with Crippen LogP contribution in [0, 0.1) is 0 Å². The number of guanidine groups is 1. The van der Waals surface area contributed by atoms with Crippen LogP contribution in [0.2, 0.25) is 0 Å². The highest BCUT2D eigenvalue weighted by Gasteiger charge is 2.24. The van der Waals surface area contributed by atoms with Crippen molar-refractivity contribution >= 4 is 28.1 Å². The molecule has 0 radical (unpaired) electrons. The van der Waals surface area contributed by atoms with E-state index in [0.29, 0.717) is 12.6 Å². The van der Waals surface area contributed by atoms with Crippen molar-refractivity contribution in [2.45, 2.75) is 25.9 Å². The van der Waals surface area contributed by atoms with E-state index in [4.69, 9.17) is 14.5 Å². The van der Waals surface area contributed by atoms with Crippen LogP contribution in [0.3, 0.4) is 0 Å². The number of benzene rings is 1. The number of nitrogens with zero attached hydrogens (tertiary/aromatic N) is 4. The topological polar surface area (TPSA) is 74.3 Å². The van der Waals surface area contributed by atoms with Gasteiger partial charge in [0.1, 0.15) is 11.5 Å². The standard InChI is InChI=1S/C21H32N6O2S/c1-6-22-20(23-12-16-14-30-21(25-16)26(2)3)24-15-7-8-27(13-15)17-9-18(28-4)11-19(10-17)29-5/h9-11,14-15H,6-8,12-13H2,1-5H3,(H2,22,23,24). The molecule has 2 aromatic rings. The normalized spacial score (nSPS) is 16.5. The van der Waals surface area contributed by atoms with Gasteiger partial charge >= 0.3 is 0 Å². The van der Waals surface area contributed by atoms with Crippen molar-refractivity contribution < 1.29 is 9.47 Å². The summed E-state index contributed by atoms with van der Waals surface area (Å²) in [4.78, 5) is 13.7. The molecule has 2 N–H and O–H groups in total. The van der Waals surface area contributed by atoms with Crippen molar-refractivity contribution in [2.75, 3.05) is 57.7 Å². The van der Waals surface area contributed by atoms with Gasteiger partial charge in [0.25, 0.3) is 0 Å². The molecular weight excluding hydrogens is 400 g/mol. The van der Waals surface area contributed by atoms with Crippen LogP contribution in [-0.2, 0) is 6.54 Å². The maximum absolute atomic E-state index is 5.41. The Labute approximate surface area is 182 Å². The van der Waals surface area contributed by atoms with Crippen molar-refractivity contribution in [3.8, 4) is 11.5 Å². The summed E-state index contributed by atoms with van der Waals surface area (Å²) < 4.78 is 10.8. The van der Waals surface area contributed by atoms with E-state index in [1.807, 2.05) is 25.1 Å². The molecule has 0 spiro atoms. The third kappa shape index (κ3) is 5.69.